The molecule has 1 amide bonds. The smallest absolute Gasteiger partial charge is 0.355 e. The minimum Gasteiger partial charge on any atom is -0.507 e. The third-order valence-corrected chi connectivity index (χ3v) is 7.59. The van der Waals surface area contributed by atoms with Gasteiger partial charge in [0.05, 0.1) is 31.4 Å². The fourth-order valence-corrected chi connectivity index (χ4v) is 5.46. The molecule has 2 aromatic rings. The number of H-pyrrole nitrogens is 1. The van der Waals surface area contributed by atoms with E-state index < -0.39 is 23.7 Å². The first-order valence-corrected chi connectivity index (χ1v) is 13.7. The van der Waals surface area contributed by atoms with E-state index in [0.717, 1.165) is 30.8 Å². The largest absolute Gasteiger partial charge is 0.507 e. The van der Waals surface area contributed by atoms with Crippen molar-refractivity contribution in [3.63, 3.8) is 0 Å². The second-order valence-corrected chi connectivity index (χ2v) is 10.5. The highest BCUT2D eigenvalue weighted by atomic mass is 16.5. The number of aryl methyl sites for hydroxylation is 1. The number of esters is 1. The molecule has 2 aliphatic heterocycles. The predicted molar refractivity (Wildman–Crippen MR) is 148 cm³/mol. The van der Waals surface area contributed by atoms with Crippen LogP contribution in [0.4, 0.5) is 0 Å². The van der Waals surface area contributed by atoms with Gasteiger partial charge in [-0.2, -0.15) is 0 Å². The summed E-state index contributed by atoms with van der Waals surface area (Å²) in [6.07, 6.45) is 0.683. The van der Waals surface area contributed by atoms with Crippen molar-refractivity contribution in [1.82, 2.24) is 14.8 Å². The maximum Gasteiger partial charge on any atom is 0.355 e. The molecular formula is C30H39N3O6. The molecule has 1 atom stereocenters. The molecule has 1 unspecified atom stereocenters. The summed E-state index contributed by atoms with van der Waals surface area (Å²) in [5.41, 5.74) is 3.46. The normalized spacial score (nSPS) is 19.7. The van der Waals surface area contributed by atoms with Gasteiger partial charge in [0.2, 0.25) is 0 Å². The molecule has 2 N–H and O–H groups in total. The molecule has 210 valence electrons. The number of aliphatic hydroxyl groups is 1. The number of aromatic amines is 1. The van der Waals surface area contributed by atoms with Crippen LogP contribution in [-0.4, -0.2) is 83.5 Å². The molecule has 1 aromatic heterocycles. The lowest BCUT2D eigenvalue weighted by Crippen LogP contribution is -2.38. The maximum atomic E-state index is 13.5. The number of aliphatic hydroxyl groups excluding tert-OH is 1. The number of hydrogen-bond acceptors (Lipinski definition) is 7. The van der Waals surface area contributed by atoms with E-state index in [-0.39, 0.29) is 23.6 Å². The zero-order valence-corrected chi connectivity index (χ0v) is 23.5. The lowest BCUT2D eigenvalue weighted by Gasteiger charge is -2.29. The Labute approximate surface area is 229 Å². The van der Waals surface area contributed by atoms with Crippen LogP contribution in [0.1, 0.15) is 77.6 Å². The highest BCUT2D eigenvalue weighted by Gasteiger charge is 2.46. The number of Topliss-reactive ketones (excluding diaryl/α,β-unsaturated/α-hetero) is 1. The van der Waals surface area contributed by atoms with Gasteiger partial charge in [0.1, 0.15) is 11.5 Å². The Balaban J connectivity index is 1.75. The number of hydrogen-bond donors (Lipinski definition) is 2. The molecular weight excluding hydrogens is 498 g/mol. The van der Waals surface area contributed by atoms with Crippen LogP contribution in [0.2, 0.25) is 0 Å². The third kappa shape index (κ3) is 5.79. The van der Waals surface area contributed by atoms with Crippen molar-refractivity contribution in [3.8, 4) is 0 Å². The molecule has 0 aliphatic carbocycles. The minimum atomic E-state index is -0.740. The van der Waals surface area contributed by atoms with Gasteiger partial charge in [0.15, 0.2) is 0 Å². The molecule has 2 fully saturated rings. The van der Waals surface area contributed by atoms with Crippen molar-refractivity contribution in [2.24, 2.45) is 0 Å². The fourth-order valence-electron chi connectivity index (χ4n) is 5.46. The molecule has 0 bridgehead atoms. The Bertz CT molecular complexity index is 1250. The zero-order chi connectivity index (χ0) is 28.3. The number of aromatic nitrogens is 1. The Kier molecular flexibility index (Phi) is 8.92. The lowest BCUT2D eigenvalue weighted by atomic mass is 9.92. The van der Waals surface area contributed by atoms with Gasteiger partial charge in [-0.25, -0.2) is 4.79 Å². The first-order valence-electron chi connectivity index (χ1n) is 13.7. The summed E-state index contributed by atoms with van der Waals surface area (Å²) in [7, 11) is 0. The first-order chi connectivity index (χ1) is 18.6. The molecule has 9 heteroatoms. The zero-order valence-electron chi connectivity index (χ0n) is 23.5. The lowest BCUT2D eigenvalue weighted by molar-refractivity contribution is -0.140. The number of likely N-dealkylation sites (tertiary alicyclic amines) is 1. The topological polar surface area (TPSA) is 112 Å². The Morgan fingerprint density at radius 3 is 2.41 bits per heavy atom. The van der Waals surface area contributed by atoms with Crippen molar-refractivity contribution in [2.45, 2.75) is 53.0 Å². The summed E-state index contributed by atoms with van der Waals surface area (Å²) in [6.45, 7) is 13.8. The average Bonchev–Trinajstić information content (AvgIpc) is 3.36. The summed E-state index contributed by atoms with van der Waals surface area (Å²) in [5.74, 6) is -1.86. The molecule has 4 rings (SSSR count). The van der Waals surface area contributed by atoms with Gasteiger partial charge in [-0.3, -0.25) is 14.5 Å². The molecule has 0 spiro atoms. The van der Waals surface area contributed by atoms with Crippen molar-refractivity contribution < 1.29 is 29.0 Å². The van der Waals surface area contributed by atoms with Crippen LogP contribution in [0.3, 0.4) is 0 Å². The van der Waals surface area contributed by atoms with Gasteiger partial charge in [0, 0.05) is 37.4 Å². The van der Waals surface area contributed by atoms with Crippen LogP contribution in [0.5, 0.6) is 0 Å². The van der Waals surface area contributed by atoms with Gasteiger partial charge in [-0.15, -0.1) is 0 Å². The second-order valence-electron chi connectivity index (χ2n) is 10.5. The number of ether oxygens (including phenoxy) is 2. The summed E-state index contributed by atoms with van der Waals surface area (Å²) in [6, 6.07) is 7.11. The number of benzene rings is 1. The van der Waals surface area contributed by atoms with E-state index in [4.69, 9.17) is 9.47 Å². The van der Waals surface area contributed by atoms with Crippen LogP contribution in [0, 0.1) is 13.8 Å². The molecule has 2 aliphatic rings. The van der Waals surface area contributed by atoms with Gasteiger partial charge in [-0.05, 0) is 49.8 Å². The van der Waals surface area contributed by atoms with Crippen LogP contribution >= 0.6 is 0 Å². The van der Waals surface area contributed by atoms with E-state index >= 15 is 0 Å². The van der Waals surface area contributed by atoms with E-state index in [1.165, 1.54) is 0 Å². The summed E-state index contributed by atoms with van der Waals surface area (Å²) >= 11 is 0. The van der Waals surface area contributed by atoms with Crippen LogP contribution in [-0.2, 0) is 19.1 Å². The van der Waals surface area contributed by atoms with Crippen molar-refractivity contribution in [1.29, 1.82) is 0 Å². The number of carbonyl (C=O) groups is 3. The van der Waals surface area contributed by atoms with Gasteiger partial charge in [0.25, 0.3) is 11.7 Å². The molecule has 39 heavy (non-hydrogen) atoms. The Morgan fingerprint density at radius 1 is 1.13 bits per heavy atom. The minimum absolute atomic E-state index is 0.0317. The van der Waals surface area contributed by atoms with Crippen LogP contribution < -0.4 is 0 Å². The number of ketones is 1. The molecule has 2 saturated heterocycles. The number of rotatable bonds is 9. The van der Waals surface area contributed by atoms with Crippen molar-refractivity contribution in [3.05, 3.63) is 63.5 Å². The number of morpholine rings is 1. The highest BCUT2D eigenvalue weighted by Crippen LogP contribution is 2.41. The van der Waals surface area contributed by atoms with E-state index in [0.29, 0.717) is 48.9 Å². The molecule has 1 aromatic carbocycles. The van der Waals surface area contributed by atoms with Crippen LogP contribution in [0.15, 0.2) is 29.8 Å². The number of amides is 1. The van der Waals surface area contributed by atoms with Crippen LogP contribution in [0.25, 0.3) is 5.76 Å². The Morgan fingerprint density at radius 2 is 1.79 bits per heavy atom. The SMILES string of the molecule is CCOC(=O)c1[nH]c(C)c(/C(O)=C2\C(=O)C(=O)N(CCCN3CCOCC3)C2c2ccc(C(C)C)cc2)c1C. The standard InChI is InChI=1S/C30H39N3O6/c1-6-39-30(37)25-19(4)23(20(5)31-25)27(34)24-26(22-10-8-21(9-11-22)18(2)3)33(29(36)28(24)35)13-7-12-32-14-16-38-17-15-32/h8-11,18,26,31,34H,6-7,12-17H2,1-5H3/b27-24+. The molecule has 0 radical (unpaired) electrons. The van der Waals surface area contributed by atoms with Gasteiger partial charge in [-0.1, -0.05) is 38.1 Å². The quantitative estimate of drug-likeness (QED) is 0.215. The molecule has 0 saturated carbocycles. The van der Waals surface area contributed by atoms with E-state index in [9.17, 15) is 19.5 Å². The first kappa shape index (κ1) is 28.6. The highest BCUT2D eigenvalue weighted by molar-refractivity contribution is 6.46. The van der Waals surface area contributed by atoms with Gasteiger partial charge < -0.3 is 24.5 Å². The average molecular weight is 538 g/mol. The number of carbonyl (C=O) groups excluding carboxylic acids is 3. The number of nitrogens with one attached hydrogen (secondary N) is 1. The summed E-state index contributed by atoms with van der Waals surface area (Å²) < 4.78 is 10.6. The van der Waals surface area contributed by atoms with Gasteiger partial charge >= 0.3 is 5.97 Å². The Hall–Kier alpha value is -3.43. The monoisotopic (exact) mass is 537 g/mol. The predicted octanol–water partition coefficient (Wildman–Crippen LogP) is 4.08. The second kappa shape index (κ2) is 12.2. The fraction of sp³-hybridized carbons (Fsp3) is 0.500. The maximum absolute atomic E-state index is 13.5. The molecule has 9 nitrogen and oxygen atoms in total. The van der Waals surface area contributed by atoms with Crippen molar-refractivity contribution >= 4 is 23.4 Å². The summed E-state index contributed by atoms with van der Waals surface area (Å²) in [5, 5.41) is 11.6. The molecule has 3 heterocycles. The summed E-state index contributed by atoms with van der Waals surface area (Å²) in [4.78, 5) is 46.2. The van der Waals surface area contributed by atoms with E-state index in [1.807, 2.05) is 24.3 Å². The number of nitrogens with zero attached hydrogens (tertiary/aromatic N) is 2. The van der Waals surface area contributed by atoms with E-state index in [1.54, 1.807) is 25.7 Å². The van der Waals surface area contributed by atoms with E-state index in [2.05, 4.69) is 23.7 Å². The third-order valence-electron chi connectivity index (χ3n) is 7.59. The van der Waals surface area contributed by atoms with Crippen molar-refractivity contribution in [2.75, 3.05) is 46.0 Å².